The molecule has 0 atom stereocenters. The summed E-state index contributed by atoms with van der Waals surface area (Å²) >= 11 is 7.25. The molecule has 2 heterocycles. The Kier molecular flexibility index (Phi) is 3.19. The largest absolute Gasteiger partial charge is 0.321 e. The second kappa shape index (κ2) is 4.99. The molecule has 1 N–H and O–H groups in total. The summed E-state index contributed by atoms with van der Waals surface area (Å²) in [6.07, 6.45) is 1.56. The van der Waals surface area contributed by atoms with Gasteiger partial charge in [-0.1, -0.05) is 29.8 Å². The van der Waals surface area contributed by atoms with Crippen LogP contribution in [0.25, 0.3) is 10.1 Å². The van der Waals surface area contributed by atoms with Crippen molar-refractivity contribution in [2.75, 3.05) is 5.32 Å². The molecule has 3 rings (SSSR count). The van der Waals surface area contributed by atoms with Crippen molar-refractivity contribution in [2.45, 2.75) is 0 Å². The van der Waals surface area contributed by atoms with Gasteiger partial charge in [0, 0.05) is 16.6 Å². The van der Waals surface area contributed by atoms with E-state index in [9.17, 15) is 4.79 Å². The Morgan fingerprint density at radius 1 is 1.21 bits per heavy atom. The zero-order valence-corrected chi connectivity index (χ0v) is 11.3. The molecule has 19 heavy (non-hydrogen) atoms. The molecule has 0 radical (unpaired) electrons. The maximum absolute atomic E-state index is 12.1. The quantitative estimate of drug-likeness (QED) is 0.718. The number of amides is 1. The zero-order valence-electron chi connectivity index (χ0n) is 9.76. The van der Waals surface area contributed by atoms with Crippen LogP contribution in [0, 0.1) is 0 Å². The Morgan fingerprint density at radius 3 is 2.84 bits per heavy atom. The lowest BCUT2D eigenvalue weighted by molar-refractivity contribution is 0.103. The number of aromatic nitrogens is 1. The SMILES string of the molecule is O=C(Nc1ccnc(Cl)c1)c1cc2ccccc2s1. The van der Waals surface area contributed by atoms with E-state index in [1.807, 2.05) is 30.3 Å². The third-order valence-corrected chi connectivity index (χ3v) is 3.96. The number of halogens is 1. The standard InChI is InChI=1S/C14H9ClN2OS/c15-13-8-10(5-6-16-13)17-14(18)12-7-9-3-1-2-4-11(9)19-12/h1-8H,(H,16,17,18). The first kappa shape index (κ1) is 12.1. The van der Waals surface area contributed by atoms with Gasteiger partial charge in [-0.15, -0.1) is 11.3 Å². The van der Waals surface area contributed by atoms with Crippen LogP contribution < -0.4 is 5.32 Å². The highest BCUT2D eigenvalue weighted by Gasteiger charge is 2.10. The Balaban J connectivity index is 1.87. The monoisotopic (exact) mass is 288 g/mol. The van der Waals surface area contributed by atoms with Crippen LogP contribution in [0.2, 0.25) is 5.15 Å². The van der Waals surface area contributed by atoms with Crippen LogP contribution in [0.1, 0.15) is 9.67 Å². The zero-order chi connectivity index (χ0) is 13.2. The number of hydrogen-bond donors (Lipinski definition) is 1. The maximum atomic E-state index is 12.1. The second-order valence-corrected chi connectivity index (χ2v) is 5.44. The van der Waals surface area contributed by atoms with E-state index >= 15 is 0 Å². The fourth-order valence-electron chi connectivity index (χ4n) is 1.77. The third kappa shape index (κ3) is 2.59. The molecule has 0 aliphatic rings. The molecule has 1 aromatic carbocycles. The minimum absolute atomic E-state index is 0.136. The molecule has 3 nitrogen and oxygen atoms in total. The molecule has 0 aliphatic carbocycles. The molecule has 94 valence electrons. The number of hydrogen-bond acceptors (Lipinski definition) is 3. The summed E-state index contributed by atoms with van der Waals surface area (Å²) in [5.41, 5.74) is 0.641. The molecule has 5 heteroatoms. The van der Waals surface area contributed by atoms with Crippen LogP contribution in [-0.4, -0.2) is 10.9 Å². The van der Waals surface area contributed by atoms with Crippen LogP contribution in [0.4, 0.5) is 5.69 Å². The van der Waals surface area contributed by atoms with Gasteiger partial charge in [0.1, 0.15) is 5.15 Å². The average Bonchev–Trinajstić information content (AvgIpc) is 2.82. The number of nitrogens with zero attached hydrogens (tertiary/aromatic N) is 1. The lowest BCUT2D eigenvalue weighted by atomic mass is 10.2. The Labute approximate surface area is 118 Å². The first-order valence-corrected chi connectivity index (χ1v) is 6.83. The maximum Gasteiger partial charge on any atom is 0.265 e. The van der Waals surface area contributed by atoms with Gasteiger partial charge in [0.05, 0.1) is 4.88 Å². The molecular formula is C14H9ClN2OS. The third-order valence-electron chi connectivity index (χ3n) is 2.63. The molecule has 2 aromatic heterocycles. The van der Waals surface area contributed by atoms with E-state index < -0.39 is 0 Å². The topological polar surface area (TPSA) is 42.0 Å². The van der Waals surface area contributed by atoms with Crippen molar-refractivity contribution in [1.82, 2.24) is 4.98 Å². The lowest BCUT2D eigenvalue weighted by Crippen LogP contribution is -2.09. The van der Waals surface area contributed by atoms with Crippen LogP contribution in [0.5, 0.6) is 0 Å². The van der Waals surface area contributed by atoms with Crippen molar-refractivity contribution in [1.29, 1.82) is 0 Å². The van der Waals surface area contributed by atoms with Crippen molar-refractivity contribution in [2.24, 2.45) is 0 Å². The van der Waals surface area contributed by atoms with Gasteiger partial charge in [-0.25, -0.2) is 4.98 Å². The molecule has 0 fully saturated rings. The van der Waals surface area contributed by atoms with Gasteiger partial charge in [-0.2, -0.15) is 0 Å². The van der Waals surface area contributed by atoms with Gasteiger partial charge in [0.2, 0.25) is 0 Å². The van der Waals surface area contributed by atoms with Crippen LogP contribution >= 0.6 is 22.9 Å². The Morgan fingerprint density at radius 2 is 2.05 bits per heavy atom. The van der Waals surface area contributed by atoms with Crippen LogP contribution in [-0.2, 0) is 0 Å². The molecule has 0 spiro atoms. The van der Waals surface area contributed by atoms with E-state index in [0.717, 1.165) is 10.1 Å². The van der Waals surface area contributed by atoms with E-state index in [-0.39, 0.29) is 5.91 Å². The Bertz CT molecular complexity index is 721. The number of anilines is 1. The van der Waals surface area contributed by atoms with Crippen LogP contribution in [0.15, 0.2) is 48.7 Å². The fraction of sp³-hybridized carbons (Fsp3) is 0. The van der Waals surface area contributed by atoms with E-state index in [4.69, 9.17) is 11.6 Å². The van der Waals surface area contributed by atoms with Gasteiger partial charge in [-0.3, -0.25) is 4.79 Å². The number of carbonyl (C=O) groups excluding carboxylic acids is 1. The van der Waals surface area contributed by atoms with Gasteiger partial charge in [-0.05, 0) is 29.7 Å². The first-order valence-electron chi connectivity index (χ1n) is 5.64. The van der Waals surface area contributed by atoms with E-state index in [1.54, 1.807) is 18.3 Å². The average molecular weight is 289 g/mol. The van der Waals surface area contributed by atoms with Crippen molar-refractivity contribution in [3.63, 3.8) is 0 Å². The normalized spacial score (nSPS) is 10.6. The van der Waals surface area contributed by atoms with Crippen LogP contribution in [0.3, 0.4) is 0 Å². The Hall–Kier alpha value is -1.91. The highest BCUT2D eigenvalue weighted by molar-refractivity contribution is 7.20. The second-order valence-electron chi connectivity index (χ2n) is 3.97. The summed E-state index contributed by atoms with van der Waals surface area (Å²) < 4.78 is 1.10. The minimum Gasteiger partial charge on any atom is -0.321 e. The summed E-state index contributed by atoms with van der Waals surface area (Å²) in [7, 11) is 0. The number of carbonyl (C=O) groups is 1. The molecule has 0 bridgehead atoms. The number of fused-ring (bicyclic) bond motifs is 1. The van der Waals surface area contributed by atoms with Crippen molar-refractivity contribution in [3.8, 4) is 0 Å². The highest BCUT2D eigenvalue weighted by Crippen LogP contribution is 2.26. The van der Waals surface area contributed by atoms with Gasteiger partial charge < -0.3 is 5.32 Å². The summed E-state index contributed by atoms with van der Waals surface area (Å²) in [6.45, 7) is 0. The molecule has 0 saturated carbocycles. The van der Waals surface area contributed by atoms with E-state index in [2.05, 4.69) is 10.3 Å². The van der Waals surface area contributed by atoms with Crippen molar-refractivity contribution in [3.05, 3.63) is 58.7 Å². The van der Waals surface area contributed by atoms with Gasteiger partial charge in [0.15, 0.2) is 0 Å². The molecule has 1 amide bonds. The summed E-state index contributed by atoms with van der Waals surface area (Å²) in [4.78, 5) is 16.7. The van der Waals surface area contributed by atoms with Gasteiger partial charge >= 0.3 is 0 Å². The first-order chi connectivity index (χ1) is 9.22. The predicted octanol–water partition coefficient (Wildman–Crippen LogP) is 4.20. The van der Waals surface area contributed by atoms with Gasteiger partial charge in [0.25, 0.3) is 5.91 Å². The molecule has 0 aliphatic heterocycles. The van der Waals surface area contributed by atoms with E-state index in [0.29, 0.717) is 15.7 Å². The number of rotatable bonds is 2. The van der Waals surface area contributed by atoms with E-state index in [1.165, 1.54) is 11.3 Å². The highest BCUT2D eigenvalue weighted by atomic mass is 35.5. The van der Waals surface area contributed by atoms with Crippen molar-refractivity contribution >= 4 is 44.6 Å². The van der Waals surface area contributed by atoms with Crippen molar-refractivity contribution < 1.29 is 4.79 Å². The fourth-order valence-corrected chi connectivity index (χ4v) is 2.90. The lowest BCUT2D eigenvalue weighted by Gasteiger charge is -2.02. The molecule has 3 aromatic rings. The molecule has 0 saturated heterocycles. The summed E-state index contributed by atoms with van der Waals surface area (Å²) in [6, 6.07) is 13.1. The number of pyridine rings is 1. The summed E-state index contributed by atoms with van der Waals surface area (Å²) in [5.74, 6) is -0.136. The number of thiophene rings is 1. The number of benzene rings is 1. The molecular weight excluding hydrogens is 280 g/mol. The number of nitrogens with one attached hydrogen (secondary N) is 1. The predicted molar refractivity (Wildman–Crippen MR) is 79.0 cm³/mol. The molecule has 0 unspecified atom stereocenters. The smallest absolute Gasteiger partial charge is 0.265 e. The minimum atomic E-state index is -0.136. The summed E-state index contributed by atoms with van der Waals surface area (Å²) in [5, 5.41) is 4.24.